The summed E-state index contributed by atoms with van der Waals surface area (Å²) in [7, 11) is 1.83. The first-order valence-electron chi connectivity index (χ1n) is 13.6. The first-order chi connectivity index (χ1) is 20.3. The van der Waals surface area contributed by atoms with E-state index in [9.17, 15) is 14.9 Å². The van der Waals surface area contributed by atoms with Gasteiger partial charge in [0.25, 0.3) is 11.2 Å². The maximum Gasteiger partial charge on any atom is 0.297 e. The summed E-state index contributed by atoms with van der Waals surface area (Å²) < 4.78 is 5.04. The molecule has 2 aromatic heterocycles. The Morgan fingerprint density at radius 1 is 0.976 bits per heavy atom. The molecule has 5 aromatic rings. The molecule has 214 valence electrons. The third-order valence-corrected chi connectivity index (χ3v) is 7.95. The summed E-state index contributed by atoms with van der Waals surface area (Å²) in [4.78, 5) is 31.9. The number of nitro benzene ring substituents is 1. The molecule has 0 saturated heterocycles. The molecule has 10 nitrogen and oxygen atoms in total. The van der Waals surface area contributed by atoms with E-state index in [4.69, 9.17) is 10.1 Å². The van der Waals surface area contributed by atoms with Gasteiger partial charge in [0.15, 0.2) is 5.69 Å². The Hall–Kier alpha value is -5.03. The number of nitrogens with zero attached hydrogens (tertiary/aromatic N) is 7. The van der Waals surface area contributed by atoms with Gasteiger partial charge >= 0.3 is 0 Å². The van der Waals surface area contributed by atoms with Crippen LogP contribution in [0.2, 0.25) is 0 Å². The van der Waals surface area contributed by atoms with Gasteiger partial charge in [-0.2, -0.15) is 5.10 Å². The Labute approximate surface area is 246 Å². The minimum atomic E-state index is -0.428. The van der Waals surface area contributed by atoms with E-state index in [0.29, 0.717) is 21.9 Å². The van der Waals surface area contributed by atoms with Crippen molar-refractivity contribution in [2.45, 2.75) is 20.8 Å². The van der Waals surface area contributed by atoms with Gasteiger partial charge in [-0.1, -0.05) is 30.3 Å². The van der Waals surface area contributed by atoms with Crippen molar-refractivity contribution in [3.63, 3.8) is 0 Å². The average molecular weight is 582 g/mol. The molecule has 0 unspecified atom stereocenters. The number of para-hydroxylation sites is 1. The van der Waals surface area contributed by atoms with E-state index in [1.807, 2.05) is 61.8 Å². The average Bonchev–Trinajstić information content (AvgIpc) is 3.51. The smallest absolute Gasteiger partial charge is 0.297 e. The van der Waals surface area contributed by atoms with E-state index in [1.54, 1.807) is 32.4 Å². The Morgan fingerprint density at radius 3 is 2.26 bits per heavy atom. The van der Waals surface area contributed by atoms with Crippen LogP contribution in [-0.4, -0.2) is 38.3 Å². The van der Waals surface area contributed by atoms with Gasteiger partial charge in [0, 0.05) is 48.9 Å². The molecule has 0 N–H and O–H groups in total. The van der Waals surface area contributed by atoms with Crippen LogP contribution in [-0.2, 0) is 7.05 Å². The van der Waals surface area contributed by atoms with Gasteiger partial charge in [-0.3, -0.25) is 19.6 Å². The zero-order chi connectivity index (χ0) is 29.8. The molecule has 11 heteroatoms. The molecule has 5 rings (SSSR count). The van der Waals surface area contributed by atoms with Gasteiger partial charge < -0.3 is 4.90 Å². The summed E-state index contributed by atoms with van der Waals surface area (Å²) in [5.74, 6) is 0. The van der Waals surface area contributed by atoms with Gasteiger partial charge in [-0.05, 0) is 62.7 Å². The zero-order valence-corrected chi connectivity index (χ0v) is 24.7. The van der Waals surface area contributed by atoms with Crippen LogP contribution in [0.25, 0.3) is 16.9 Å². The summed E-state index contributed by atoms with van der Waals surface area (Å²) in [6, 6.07) is 23.9. The Bertz CT molecular complexity index is 1860. The highest BCUT2D eigenvalue weighted by Crippen LogP contribution is 2.24. The predicted octanol–water partition coefficient (Wildman–Crippen LogP) is 5.88. The lowest BCUT2D eigenvalue weighted by molar-refractivity contribution is -0.384. The second-order valence-electron chi connectivity index (χ2n) is 9.55. The fourth-order valence-corrected chi connectivity index (χ4v) is 5.55. The number of benzene rings is 3. The van der Waals surface area contributed by atoms with E-state index in [0.717, 1.165) is 35.6 Å². The third-order valence-electron chi connectivity index (χ3n) is 7.13. The fraction of sp³-hybridized carbons (Fsp3) is 0.194. The molecule has 0 fully saturated rings. The lowest BCUT2D eigenvalue weighted by atomic mass is 10.1. The molecule has 2 heterocycles. The first kappa shape index (κ1) is 28.5. The summed E-state index contributed by atoms with van der Waals surface area (Å²) in [5.41, 5.74) is 4.98. The normalized spacial score (nSPS) is 11.9. The summed E-state index contributed by atoms with van der Waals surface area (Å²) in [6.45, 7) is 7.95. The van der Waals surface area contributed by atoms with E-state index >= 15 is 0 Å². The minimum absolute atomic E-state index is 0.00334. The molecule has 0 aliphatic rings. The first-order valence-corrected chi connectivity index (χ1v) is 14.4. The van der Waals surface area contributed by atoms with E-state index in [1.165, 1.54) is 23.5 Å². The van der Waals surface area contributed by atoms with Gasteiger partial charge in [-0.25, -0.2) is 14.4 Å². The van der Waals surface area contributed by atoms with Gasteiger partial charge in [0.1, 0.15) is 0 Å². The molecule has 0 aliphatic carbocycles. The number of anilines is 1. The van der Waals surface area contributed by atoms with Crippen LogP contribution in [0.15, 0.2) is 99.1 Å². The molecule has 0 amide bonds. The standard InChI is InChI=1S/C31H31N7O3S/c1-5-35(6-2)25-16-12-23(13-17-25)20-32-36-28(24-14-18-27(19-15-24)38(40)41)21-42-31(36)33-29-22(3)34(4)37(30(29)39)26-10-8-7-9-11-26/h7-21H,5-6H2,1-4H3/b32-20-,33-31?. The molecular weight excluding hydrogens is 550 g/mol. The maximum absolute atomic E-state index is 13.6. The second-order valence-corrected chi connectivity index (χ2v) is 10.4. The molecule has 0 atom stereocenters. The highest BCUT2D eigenvalue weighted by atomic mass is 32.1. The van der Waals surface area contributed by atoms with Crippen molar-refractivity contribution in [1.29, 1.82) is 0 Å². The predicted molar refractivity (Wildman–Crippen MR) is 168 cm³/mol. The summed E-state index contributed by atoms with van der Waals surface area (Å²) in [5, 5.41) is 17.9. The molecule has 42 heavy (non-hydrogen) atoms. The number of rotatable bonds is 9. The monoisotopic (exact) mass is 581 g/mol. The molecule has 0 radical (unpaired) electrons. The van der Waals surface area contributed by atoms with Crippen molar-refractivity contribution >= 4 is 34.6 Å². The third kappa shape index (κ3) is 5.59. The quantitative estimate of drug-likeness (QED) is 0.123. The second kappa shape index (κ2) is 12.2. The van der Waals surface area contributed by atoms with Crippen molar-refractivity contribution in [1.82, 2.24) is 14.0 Å². The van der Waals surface area contributed by atoms with Crippen molar-refractivity contribution in [3.05, 3.63) is 121 Å². The molecule has 3 aromatic carbocycles. The van der Waals surface area contributed by atoms with Crippen molar-refractivity contribution in [3.8, 4) is 16.9 Å². The van der Waals surface area contributed by atoms with Gasteiger partial charge in [0.2, 0.25) is 4.80 Å². The molecule has 0 saturated carbocycles. The molecule has 0 spiro atoms. The van der Waals surface area contributed by atoms with Crippen LogP contribution < -0.4 is 15.3 Å². The lowest BCUT2D eigenvalue weighted by Gasteiger charge is -2.20. The van der Waals surface area contributed by atoms with E-state index < -0.39 is 4.92 Å². The van der Waals surface area contributed by atoms with Crippen LogP contribution in [0.3, 0.4) is 0 Å². The largest absolute Gasteiger partial charge is 0.372 e. The SMILES string of the molecule is CCN(CC)c1ccc(/C=N\n2c(-c3ccc([N+](=O)[O-])cc3)csc2=Nc2c(C)n(C)n(-c3ccccc3)c2=O)cc1. The van der Waals surface area contributed by atoms with E-state index in [-0.39, 0.29) is 11.2 Å². The molecule has 0 bridgehead atoms. The Kier molecular flexibility index (Phi) is 8.30. The number of hydrogen-bond donors (Lipinski definition) is 0. The lowest BCUT2D eigenvalue weighted by Crippen LogP contribution is -2.21. The Balaban J connectivity index is 1.63. The number of hydrogen-bond acceptors (Lipinski definition) is 7. The number of nitro groups is 1. The van der Waals surface area contributed by atoms with Crippen LogP contribution in [0.1, 0.15) is 25.1 Å². The van der Waals surface area contributed by atoms with Crippen LogP contribution in [0.4, 0.5) is 17.1 Å². The fourth-order valence-electron chi connectivity index (χ4n) is 4.70. The van der Waals surface area contributed by atoms with Crippen molar-refractivity contribution in [2.24, 2.45) is 17.1 Å². The molecular formula is C31H31N7O3S. The number of non-ortho nitro benzene ring substituents is 1. The zero-order valence-electron chi connectivity index (χ0n) is 23.8. The Morgan fingerprint density at radius 2 is 1.64 bits per heavy atom. The summed E-state index contributed by atoms with van der Waals surface area (Å²) in [6.07, 6.45) is 1.74. The molecule has 0 aliphatic heterocycles. The van der Waals surface area contributed by atoms with Gasteiger partial charge in [0.05, 0.1) is 28.2 Å². The van der Waals surface area contributed by atoms with Crippen LogP contribution in [0.5, 0.6) is 0 Å². The van der Waals surface area contributed by atoms with Crippen LogP contribution >= 0.6 is 11.3 Å². The van der Waals surface area contributed by atoms with Crippen molar-refractivity contribution < 1.29 is 4.92 Å². The van der Waals surface area contributed by atoms with E-state index in [2.05, 4.69) is 30.9 Å². The maximum atomic E-state index is 13.6. The highest BCUT2D eigenvalue weighted by molar-refractivity contribution is 7.07. The highest BCUT2D eigenvalue weighted by Gasteiger charge is 2.17. The number of thiazole rings is 1. The van der Waals surface area contributed by atoms with Crippen LogP contribution in [0, 0.1) is 17.0 Å². The topological polar surface area (TPSA) is 103 Å². The minimum Gasteiger partial charge on any atom is -0.372 e. The van der Waals surface area contributed by atoms with Crippen molar-refractivity contribution in [2.75, 3.05) is 18.0 Å². The number of aromatic nitrogens is 3. The summed E-state index contributed by atoms with van der Waals surface area (Å²) >= 11 is 1.34. The van der Waals surface area contributed by atoms with Gasteiger partial charge in [-0.15, -0.1) is 11.3 Å².